The minimum absolute atomic E-state index is 0.108. The SMILES string of the molecule is C[C@]12CCC(=O)OC1=CC[C@H]1[C@H]2C(=O)C[C@@]2(C)[C@@H]1CC[C@]21OCO[C@]12COCO2. The van der Waals surface area contributed by atoms with E-state index in [4.69, 9.17) is 23.7 Å². The topological polar surface area (TPSA) is 80.3 Å². The Morgan fingerprint density at radius 2 is 1.90 bits per heavy atom. The van der Waals surface area contributed by atoms with Gasteiger partial charge in [-0.1, -0.05) is 13.8 Å². The Balaban J connectivity index is 1.42. The van der Waals surface area contributed by atoms with Crippen LogP contribution in [0.3, 0.4) is 0 Å². The number of allylic oxidation sites excluding steroid dienone is 2. The van der Waals surface area contributed by atoms with Gasteiger partial charge in [0, 0.05) is 29.6 Å². The second kappa shape index (κ2) is 5.69. The largest absolute Gasteiger partial charge is 0.431 e. The summed E-state index contributed by atoms with van der Waals surface area (Å²) < 4.78 is 29.4. The summed E-state index contributed by atoms with van der Waals surface area (Å²) in [4.78, 5) is 25.6. The Hall–Kier alpha value is -1.28. The first-order valence-corrected chi connectivity index (χ1v) is 10.8. The molecule has 0 aromatic heterocycles. The molecule has 3 saturated heterocycles. The number of carbonyl (C=O) groups is 2. The average Bonchev–Trinajstić information content (AvgIpc) is 3.37. The van der Waals surface area contributed by atoms with E-state index in [1.807, 2.05) is 0 Å². The quantitative estimate of drug-likeness (QED) is 0.574. The molecule has 158 valence electrons. The van der Waals surface area contributed by atoms with Crippen molar-refractivity contribution < 1.29 is 33.3 Å². The van der Waals surface area contributed by atoms with E-state index in [0.29, 0.717) is 37.5 Å². The van der Waals surface area contributed by atoms with Crippen LogP contribution >= 0.6 is 0 Å². The molecule has 0 bridgehead atoms. The third-order valence-corrected chi connectivity index (χ3v) is 9.16. The van der Waals surface area contributed by atoms with Gasteiger partial charge in [-0.3, -0.25) is 9.59 Å². The molecule has 0 radical (unpaired) electrons. The Labute approximate surface area is 170 Å². The van der Waals surface area contributed by atoms with Crippen molar-refractivity contribution in [3.05, 3.63) is 11.8 Å². The summed E-state index contributed by atoms with van der Waals surface area (Å²) in [5, 5.41) is 0. The smallest absolute Gasteiger partial charge is 0.310 e. The number of rotatable bonds is 0. The summed E-state index contributed by atoms with van der Waals surface area (Å²) in [5.74, 6) is 0.299. The van der Waals surface area contributed by atoms with Crippen molar-refractivity contribution in [2.45, 2.75) is 63.8 Å². The van der Waals surface area contributed by atoms with E-state index >= 15 is 0 Å². The fourth-order valence-electron chi connectivity index (χ4n) is 7.88. The van der Waals surface area contributed by atoms with Crippen molar-refractivity contribution in [2.75, 3.05) is 20.2 Å². The van der Waals surface area contributed by atoms with Crippen LogP contribution in [0.25, 0.3) is 0 Å². The van der Waals surface area contributed by atoms with E-state index in [1.165, 1.54) is 0 Å². The van der Waals surface area contributed by atoms with Gasteiger partial charge in [-0.25, -0.2) is 0 Å². The third-order valence-electron chi connectivity index (χ3n) is 9.16. The van der Waals surface area contributed by atoms with Crippen molar-refractivity contribution >= 4 is 11.8 Å². The molecule has 0 N–H and O–H groups in total. The van der Waals surface area contributed by atoms with Gasteiger partial charge in [0.2, 0.25) is 5.79 Å². The standard InChI is InChI=1S/C22H28O7/c1-19-7-6-17(24)29-16(19)4-3-13-14-5-8-21(20(14,2)9-15(23)18(13)19)22(28-12-26-21)10-25-11-27-22/h4,13-14,18H,3,5-12H2,1-2H3/t13-,14-,18+,19+,20+,21+,22-/m1/s1. The van der Waals surface area contributed by atoms with Gasteiger partial charge in [-0.15, -0.1) is 0 Å². The summed E-state index contributed by atoms with van der Waals surface area (Å²) in [7, 11) is 0. The molecule has 6 aliphatic rings. The van der Waals surface area contributed by atoms with Crippen LogP contribution in [0.5, 0.6) is 0 Å². The number of carbonyl (C=O) groups excluding carboxylic acids is 2. The maximum atomic E-state index is 13.7. The summed E-state index contributed by atoms with van der Waals surface area (Å²) in [6.07, 6.45) is 6.09. The minimum Gasteiger partial charge on any atom is -0.431 e. The molecule has 7 atom stereocenters. The van der Waals surface area contributed by atoms with E-state index in [-0.39, 0.29) is 48.0 Å². The summed E-state index contributed by atoms with van der Waals surface area (Å²) in [6.45, 7) is 5.01. The molecule has 0 unspecified atom stereocenters. The molecular weight excluding hydrogens is 376 g/mol. The number of hydrogen-bond acceptors (Lipinski definition) is 7. The second-order valence-corrected chi connectivity index (χ2v) is 10.1. The van der Waals surface area contributed by atoms with Gasteiger partial charge in [0.15, 0.2) is 13.6 Å². The number of ketones is 1. The van der Waals surface area contributed by atoms with Crippen LogP contribution in [0.1, 0.15) is 52.4 Å². The molecule has 6 rings (SSSR count). The van der Waals surface area contributed by atoms with E-state index in [0.717, 1.165) is 19.3 Å². The lowest BCUT2D eigenvalue weighted by atomic mass is 9.48. The lowest BCUT2D eigenvalue weighted by Crippen LogP contribution is -2.65. The van der Waals surface area contributed by atoms with Gasteiger partial charge in [-0.2, -0.15) is 0 Å². The summed E-state index contributed by atoms with van der Waals surface area (Å²) in [6, 6.07) is 0. The molecule has 3 aliphatic heterocycles. The number of ether oxygens (including phenoxy) is 5. The lowest BCUT2D eigenvalue weighted by Gasteiger charge is -2.57. The average molecular weight is 404 g/mol. The van der Waals surface area contributed by atoms with Crippen LogP contribution in [-0.2, 0) is 33.3 Å². The highest BCUT2D eigenvalue weighted by Crippen LogP contribution is 2.70. The highest BCUT2D eigenvalue weighted by molar-refractivity contribution is 5.86. The van der Waals surface area contributed by atoms with Gasteiger partial charge in [-0.05, 0) is 43.6 Å². The van der Waals surface area contributed by atoms with E-state index in [2.05, 4.69) is 19.9 Å². The van der Waals surface area contributed by atoms with Crippen LogP contribution in [0.15, 0.2) is 11.8 Å². The first-order valence-electron chi connectivity index (χ1n) is 10.8. The maximum Gasteiger partial charge on any atom is 0.310 e. The zero-order chi connectivity index (χ0) is 20.1. The van der Waals surface area contributed by atoms with E-state index < -0.39 is 11.4 Å². The molecule has 3 heterocycles. The molecule has 7 nitrogen and oxygen atoms in total. The molecule has 2 saturated carbocycles. The molecule has 3 aliphatic carbocycles. The molecule has 0 amide bonds. The first-order chi connectivity index (χ1) is 13.9. The molecule has 0 aromatic carbocycles. The minimum atomic E-state index is -0.913. The van der Waals surface area contributed by atoms with Crippen molar-refractivity contribution in [3.8, 4) is 0 Å². The van der Waals surface area contributed by atoms with Crippen LogP contribution in [0, 0.1) is 28.6 Å². The van der Waals surface area contributed by atoms with Crippen LogP contribution in [-0.4, -0.2) is 43.3 Å². The highest BCUT2D eigenvalue weighted by atomic mass is 16.9. The molecule has 2 spiro atoms. The van der Waals surface area contributed by atoms with E-state index in [1.54, 1.807) is 0 Å². The summed E-state index contributed by atoms with van der Waals surface area (Å²) in [5.41, 5.74) is -1.42. The van der Waals surface area contributed by atoms with Gasteiger partial charge < -0.3 is 23.7 Å². The van der Waals surface area contributed by atoms with Crippen molar-refractivity contribution in [2.24, 2.45) is 28.6 Å². The van der Waals surface area contributed by atoms with Gasteiger partial charge in [0.25, 0.3) is 0 Å². The van der Waals surface area contributed by atoms with Crippen molar-refractivity contribution in [1.82, 2.24) is 0 Å². The molecular formula is C22H28O7. The number of hydrogen-bond donors (Lipinski definition) is 0. The van der Waals surface area contributed by atoms with Gasteiger partial charge >= 0.3 is 5.97 Å². The molecule has 0 aromatic rings. The molecule has 7 heteroatoms. The molecule has 5 fully saturated rings. The normalized spacial score (nSPS) is 53.6. The second-order valence-electron chi connectivity index (χ2n) is 10.1. The van der Waals surface area contributed by atoms with Crippen LogP contribution in [0.4, 0.5) is 0 Å². The van der Waals surface area contributed by atoms with E-state index in [9.17, 15) is 9.59 Å². The van der Waals surface area contributed by atoms with Gasteiger partial charge in [0.05, 0.1) is 0 Å². The predicted octanol–water partition coefficient (Wildman–Crippen LogP) is 2.68. The highest BCUT2D eigenvalue weighted by Gasteiger charge is 2.76. The van der Waals surface area contributed by atoms with Crippen LogP contribution < -0.4 is 0 Å². The van der Waals surface area contributed by atoms with Gasteiger partial charge in [0.1, 0.15) is 23.8 Å². The molecule has 29 heavy (non-hydrogen) atoms. The zero-order valence-corrected chi connectivity index (χ0v) is 17.0. The Morgan fingerprint density at radius 1 is 1.07 bits per heavy atom. The van der Waals surface area contributed by atoms with Crippen molar-refractivity contribution in [3.63, 3.8) is 0 Å². The number of fused-ring (bicyclic) bond motifs is 7. The Morgan fingerprint density at radius 3 is 2.69 bits per heavy atom. The third kappa shape index (κ3) is 2.03. The fraction of sp³-hybridized carbons (Fsp3) is 0.818. The van der Waals surface area contributed by atoms with Crippen LogP contribution in [0.2, 0.25) is 0 Å². The Kier molecular flexibility index (Phi) is 3.63. The monoisotopic (exact) mass is 404 g/mol. The maximum absolute atomic E-state index is 13.7. The number of Topliss-reactive ketones (excluding diaryl/α,β-unsaturated/α-hetero) is 1. The Bertz CT molecular complexity index is 808. The summed E-state index contributed by atoms with van der Waals surface area (Å²) >= 11 is 0. The number of esters is 1. The first kappa shape index (κ1) is 18.5. The fourth-order valence-corrected chi connectivity index (χ4v) is 7.88. The van der Waals surface area contributed by atoms with Crippen molar-refractivity contribution in [1.29, 1.82) is 0 Å². The zero-order valence-electron chi connectivity index (χ0n) is 17.0. The predicted molar refractivity (Wildman–Crippen MR) is 98.0 cm³/mol. The lowest BCUT2D eigenvalue weighted by molar-refractivity contribution is -0.246.